The van der Waals surface area contributed by atoms with Crippen molar-refractivity contribution in [2.45, 2.75) is 13.8 Å². The van der Waals surface area contributed by atoms with Crippen LogP contribution in [0.4, 0.5) is 5.13 Å². The number of nitrogens with zero attached hydrogens (tertiary/aromatic N) is 1. The van der Waals surface area contributed by atoms with Crippen LogP contribution in [-0.2, 0) is 0 Å². The fourth-order valence-corrected chi connectivity index (χ4v) is 3.40. The molecule has 2 heterocycles. The summed E-state index contributed by atoms with van der Waals surface area (Å²) in [6.45, 7) is 3.37. The fraction of sp³-hybridized carbons (Fsp3) is 0.182. The smallest absolute Gasteiger partial charge is 0.267 e. The average molecular weight is 345 g/mol. The van der Waals surface area contributed by atoms with Crippen molar-refractivity contribution < 1.29 is 9.59 Å². The quantitative estimate of drug-likeness (QED) is 0.863. The van der Waals surface area contributed by atoms with Gasteiger partial charge in [0.05, 0.1) is 8.66 Å². The van der Waals surface area contributed by atoms with Gasteiger partial charge in [-0.2, -0.15) is 0 Å². The lowest BCUT2D eigenvalue weighted by atomic mass is 10.3. The number of Topliss-reactive ketones (excluding diaryl/α,β-unsaturated/α-hetero) is 1. The van der Waals surface area contributed by atoms with E-state index in [0.29, 0.717) is 15.7 Å². The number of hydrogen-bond acceptors (Lipinski definition) is 5. The van der Waals surface area contributed by atoms with Gasteiger partial charge in [-0.05, 0) is 34.5 Å². The minimum atomic E-state index is -0.210. The summed E-state index contributed by atoms with van der Waals surface area (Å²) in [5, 5.41) is 4.75. The van der Waals surface area contributed by atoms with Gasteiger partial charge in [-0.1, -0.05) is 0 Å². The molecule has 7 heteroatoms. The normalized spacial score (nSPS) is 10.4. The molecule has 0 aliphatic heterocycles. The van der Waals surface area contributed by atoms with E-state index < -0.39 is 0 Å². The Labute approximate surface area is 120 Å². The van der Waals surface area contributed by atoms with Crippen molar-refractivity contribution in [3.8, 4) is 0 Å². The molecule has 0 aliphatic carbocycles. The summed E-state index contributed by atoms with van der Waals surface area (Å²) in [5.41, 5.74) is 1.40. The lowest BCUT2D eigenvalue weighted by Gasteiger charge is -1.97. The summed E-state index contributed by atoms with van der Waals surface area (Å²) in [5.74, 6) is -0.320. The number of aromatic nitrogens is 1. The van der Waals surface area contributed by atoms with Crippen LogP contribution >= 0.6 is 38.6 Å². The summed E-state index contributed by atoms with van der Waals surface area (Å²) in [7, 11) is 0. The Morgan fingerprint density at radius 2 is 2.17 bits per heavy atom. The molecule has 0 aromatic carbocycles. The number of rotatable bonds is 3. The Bertz CT molecular complexity index is 599. The van der Waals surface area contributed by atoms with E-state index >= 15 is 0 Å². The zero-order valence-electron chi connectivity index (χ0n) is 9.61. The van der Waals surface area contributed by atoms with Gasteiger partial charge in [0, 0.05) is 12.3 Å². The number of aryl methyl sites for hydroxylation is 1. The van der Waals surface area contributed by atoms with E-state index in [-0.39, 0.29) is 11.7 Å². The van der Waals surface area contributed by atoms with Crippen molar-refractivity contribution in [1.29, 1.82) is 0 Å². The van der Waals surface area contributed by atoms with Crippen LogP contribution in [0.15, 0.2) is 15.2 Å². The van der Waals surface area contributed by atoms with Crippen molar-refractivity contribution in [2.24, 2.45) is 0 Å². The van der Waals surface area contributed by atoms with E-state index in [0.717, 1.165) is 9.35 Å². The fourth-order valence-electron chi connectivity index (χ4n) is 1.22. The SMILES string of the molecule is CC(=O)c1csc(NC(=O)c2cc(C)c(Br)s2)n1. The van der Waals surface area contributed by atoms with Crippen LogP contribution < -0.4 is 5.32 Å². The number of carbonyl (C=O) groups excluding carboxylic acids is 2. The second-order valence-electron chi connectivity index (χ2n) is 3.62. The molecule has 0 radical (unpaired) electrons. The van der Waals surface area contributed by atoms with Gasteiger partial charge in [-0.15, -0.1) is 22.7 Å². The van der Waals surface area contributed by atoms with E-state index in [1.165, 1.54) is 29.6 Å². The Hall–Kier alpha value is -1.05. The number of carbonyl (C=O) groups is 2. The second-order valence-corrected chi connectivity index (χ2v) is 6.84. The van der Waals surface area contributed by atoms with E-state index in [1.807, 2.05) is 13.0 Å². The second kappa shape index (κ2) is 5.29. The van der Waals surface area contributed by atoms with Crippen LogP contribution in [0.2, 0.25) is 0 Å². The maximum Gasteiger partial charge on any atom is 0.267 e. The van der Waals surface area contributed by atoms with Crippen molar-refractivity contribution in [3.63, 3.8) is 0 Å². The number of anilines is 1. The molecule has 0 bridgehead atoms. The molecule has 1 amide bonds. The van der Waals surface area contributed by atoms with Gasteiger partial charge < -0.3 is 0 Å². The summed E-state index contributed by atoms with van der Waals surface area (Å²) in [6.07, 6.45) is 0. The maximum atomic E-state index is 11.9. The molecule has 0 atom stereocenters. The molecular formula is C11H9BrN2O2S2. The number of hydrogen-bond donors (Lipinski definition) is 1. The van der Waals surface area contributed by atoms with Gasteiger partial charge in [0.25, 0.3) is 5.91 Å². The zero-order chi connectivity index (χ0) is 13.3. The van der Waals surface area contributed by atoms with Crippen molar-refractivity contribution in [2.75, 3.05) is 5.32 Å². The van der Waals surface area contributed by atoms with Gasteiger partial charge in [0.1, 0.15) is 5.69 Å². The Kier molecular flexibility index (Phi) is 3.94. The van der Waals surface area contributed by atoms with E-state index in [4.69, 9.17) is 0 Å². The minimum Gasteiger partial charge on any atom is -0.297 e. The zero-order valence-corrected chi connectivity index (χ0v) is 12.8. The highest BCUT2D eigenvalue weighted by atomic mass is 79.9. The van der Waals surface area contributed by atoms with E-state index in [9.17, 15) is 9.59 Å². The third-order valence-corrected chi connectivity index (χ3v) is 5.06. The molecule has 0 saturated heterocycles. The van der Waals surface area contributed by atoms with Crippen LogP contribution in [0.3, 0.4) is 0 Å². The molecular weight excluding hydrogens is 336 g/mol. The largest absolute Gasteiger partial charge is 0.297 e. The number of halogens is 1. The van der Waals surface area contributed by atoms with Crippen LogP contribution in [-0.4, -0.2) is 16.7 Å². The number of thiazole rings is 1. The monoisotopic (exact) mass is 344 g/mol. The first kappa shape index (κ1) is 13.4. The molecule has 0 spiro atoms. The van der Waals surface area contributed by atoms with Crippen LogP contribution in [0.1, 0.15) is 32.6 Å². The first-order chi connectivity index (χ1) is 8.47. The van der Waals surface area contributed by atoms with Gasteiger partial charge >= 0.3 is 0 Å². The van der Waals surface area contributed by atoms with E-state index in [1.54, 1.807) is 5.38 Å². The molecule has 0 fully saturated rings. The molecule has 1 N–H and O–H groups in total. The molecule has 94 valence electrons. The first-order valence-corrected chi connectivity index (χ1v) is 7.50. The highest BCUT2D eigenvalue weighted by Crippen LogP contribution is 2.28. The van der Waals surface area contributed by atoms with Crippen molar-refractivity contribution in [3.05, 3.63) is 31.4 Å². The van der Waals surface area contributed by atoms with E-state index in [2.05, 4.69) is 26.2 Å². The summed E-state index contributed by atoms with van der Waals surface area (Å²) < 4.78 is 0.941. The summed E-state index contributed by atoms with van der Waals surface area (Å²) in [6, 6.07) is 1.81. The topological polar surface area (TPSA) is 59.1 Å². The average Bonchev–Trinajstić information content (AvgIpc) is 2.87. The molecule has 0 unspecified atom stereocenters. The van der Waals surface area contributed by atoms with Crippen LogP contribution in [0.25, 0.3) is 0 Å². The molecule has 4 nitrogen and oxygen atoms in total. The van der Waals surface area contributed by atoms with Crippen molar-refractivity contribution >= 4 is 55.4 Å². The summed E-state index contributed by atoms with van der Waals surface area (Å²) in [4.78, 5) is 27.7. The van der Waals surface area contributed by atoms with Crippen molar-refractivity contribution in [1.82, 2.24) is 4.98 Å². The predicted molar refractivity (Wildman–Crippen MR) is 76.8 cm³/mol. The highest BCUT2D eigenvalue weighted by molar-refractivity contribution is 9.11. The van der Waals surface area contributed by atoms with Gasteiger partial charge in [0.2, 0.25) is 0 Å². The standard InChI is InChI=1S/C11H9BrN2O2S2/c1-5-3-8(18-9(5)12)10(16)14-11-13-7(4-17-11)6(2)15/h3-4H,1-2H3,(H,13,14,16). The number of ketones is 1. The van der Waals surface area contributed by atoms with Gasteiger partial charge in [-0.25, -0.2) is 4.98 Å². The highest BCUT2D eigenvalue weighted by Gasteiger charge is 2.13. The summed E-state index contributed by atoms with van der Waals surface area (Å²) >= 11 is 5.98. The predicted octanol–water partition coefficient (Wildman–Crippen LogP) is 3.73. The maximum absolute atomic E-state index is 11.9. The third-order valence-electron chi connectivity index (χ3n) is 2.17. The number of nitrogens with one attached hydrogen (secondary N) is 1. The lowest BCUT2D eigenvalue weighted by Crippen LogP contribution is -2.10. The molecule has 0 saturated carbocycles. The third kappa shape index (κ3) is 2.85. The number of thiophene rings is 1. The molecule has 18 heavy (non-hydrogen) atoms. The molecule has 2 aromatic rings. The Balaban J connectivity index is 2.13. The minimum absolute atomic E-state index is 0.110. The van der Waals surface area contributed by atoms with Gasteiger partial charge in [-0.3, -0.25) is 14.9 Å². The molecule has 2 aromatic heterocycles. The first-order valence-electron chi connectivity index (χ1n) is 5.01. The van der Waals surface area contributed by atoms with Crippen LogP contribution in [0, 0.1) is 6.92 Å². The molecule has 2 rings (SSSR count). The molecule has 0 aliphatic rings. The van der Waals surface area contributed by atoms with Gasteiger partial charge in [0.15, 0.2) is 10.9 Å². The Morgan fingerprint density at radius 3 is 2.67 bits per heavy atom. The number of amides is 1. The Morgan fingerprint density at radius 1 is 1.44 bits per heavy atom. The van der Waals surface area contributed by atoms with Crippen LogP contribution in [0.5, 0.6) is 0 Å². The lowest BCUT2D eigenvalue weighted by molar-refractivity contribution is 0.100.